The molecule has 0 unspecified atom stereocenters. The molecule has 1 heterocycles. The maximum Gasteiger partial charge on any atom is 0.274 e. The second-order valence-electron chi connectivity index (χ2n) is 4.80. The minimum absolute atomic E-state index is 0.0551. The van der Waals surface area contributed by atoms with Gasteiger partial charge in [-0.3, -0.25) is 14.9 Å². The summed E-state index contributed by atoms with van der Waals surface area (Å²) in [4.78, 5) is 28.9. The first-order chi connectivity index (χ1) is 11.0. The summed E-state index contributed by atoms with van der Waals surface area (Å²) in [5.74, 6) is -0.201. The van der Waals surface area contributed by atoms with Gasteiger partial charge in [-0.1, -0.05) is 12.1 Å². The maximum absolute atomic E-state index is 12.0. The molecular weight excluding hydrogens is 298 g/mol. The fourth-order valence-electron chi connectivity index (χ4n) is 2.11. The molecule has 0 bridgehead atoms. The third-order valence-electron chi connectivity index (χ3n) is 3.27. The van der Waals surface area contributed by atoms with Gasteiger partial charge in [-0.25, -0.2) is 4.98 Å². The van der Waals surface area contributed by atoms with Gasteiger partial charge in [0, 0.05) is 23.8 Å². The van der Waals surface area contributed by atoms with Crippen LogP contribution in [-0.4, -0.2) is 20.0 Å². The highest BCUT2D eigenvalue weighted by atomic mass is 16.6. The number of hydrogen-bond donors (Lipinski definition) is 2. The first kappa shape index (κ1) is 14.5. The molecule has 0 amide bonds. The van der Waals surface area contributed by atoms with E-state index in [-0.39, 0.29) is 17.1 Å². The van der Waals surface area contributed by atoms with Gasteiger partial charge in [0.05, 0.1) is 16.0 Å². The lowest BCUT2D eigenvalue weighted by Crippen LogP contribution is -2.12. The van der Waals surface area contributed by atoms with Crippen molar-refractivity contribution in [2.24, 2.45) is 0 Å². The number of H-pyrrole nitrogens is 1. The molecule has 0 aliphatic heterocycles. The quantitative estimate of drug-likeness (QED) is 0.439. The Kier molecular flexibility index (Phi) is 3.60. The monoisotopic (exact) mass is 309 g/mol. The van der Waals surface area contributed by atoms with Crippen molar-refractivity contribution in [2.45, 2.75) is 0 Å². The molecule has 0 aliphatic carbocycles. The molecule has 0 saturated carbocycles. The van der Waals surface area contributed by atoms with Crippen LogP contribution < -0.4 is 5.56 Å². The molecule has 7 heteroatoms. The number of nitro groups is 1. The van der Waals surface area contributed by atoms with E-state index in [1.165, 1.54) is 30.3 Å². The van der Waals surface area contributed by atoms with E-state index in [9.17, 15) is 20.0 Å². The highest BCUT2D eigenvalue weighted by Crippen LogP contribution is 2.18. The minimum Gasteiger partial charge on any atom is -0.507 e. The Hall–Kier alpha value is -3.48. The number of fused-ring (bicyclic) bond motifs is 1. The lowest BCUT2D eigenvalue weighted by atomic mass is 10.1. The Balaban J connectivity index is 2.01. The molecule has 0 saturated heterocycles. The lowest BCUT2D eigenvalue weighted by molar-refractivity contribution is -0.384. The molecule has 3 rings (SSSR count). The number of aromatic amines is 1. The SMILES string of the molecule is O=c1[nH]c2ccccc2nc1C=C(O)c1ccc([N+](=O)[O-])cc1. The Morgan fingerprint density at radius 1 is 1.17 bits per heavy atom. The van der Waals surface area contributed by atoms with E-state index in [1.807, 2.05) is 0 Å². The summed E-state index contributed by atoms with van der Waals surface area (Å²) >= 11 is 0. The van der Waals surface area contributed by atoms with E-state index in [0.717, 1.165) is 0 Å². The van der Waals surface area contributed by atoms with Gasteiger partial charge in [-0.2, -0.15) is 0 Å². The number of aliphatic hydroxyl groups is 1. The van der Waals surface area contributed by atoms with E-state index in [1.54, 1.807) is 24.3 Å². The lowest BCUT2D eigenvalue weighted by Gasteiger charge is -2.01. The third-order valence-corrected chi connectivity index (χ3v) is 3.27. The molecular formula is C16H11N3O4. The van der Waals surface area contributed by atoms with Crippen LogP contribution in [0.1, 0.15) is 11.3 Å². The van der Waals surface area contributed by atoms with Crippen molar-refractivity contribution in [2.75, 3.05) is 0 Å². The first-order valence-corrected chi connectivity index (χ1v) is 6.69. The number of non-ortho nitro benzene ring substituents is 1. The summed E-state index contributed by atoms with van der Waals surface area (Å²) in [5.41, 5.74) is 1.09. The fourth-order valence-corrected chi connectivity index (χ4v) is 2.11. The van der Waals surface area contributed by atoms with E-state index in [4.69, 9.17) is 0 Å². The van der Waals surface area contributed by atoms with Gasteiger partial charge in [-0.15, -0.1) is 0 Å². The van der Waals surface area contributed by atoms with Crippen LogP contribution in [0.2, 0.25) is 0 Å². The summed E-state index contributed by atoms with van der Waals surface area (Å²) in [6.45, 7) is 0. The Morgan fingerprint density at radius 3 is 2.57 bits per heavy atom. The highest BCUT2D eigenvalue weighted by Gasteiger charge is 2.08. The minimum atomic E-state index is -0.528. The second-order valence-corrected chi connectivity index (χ2v) is 4.80. The molecule has 1 aromatic heterocycles. The molecule has 23 heavy (non-hydrogen) atoms. The topological polar surface area (TPSA) is 109 Å². The van der Waals surface area contributed by atoms with Crippen molar-refractivity contribution in [3.8, 4) is 0 Å². The van der Waals surface area contributed by atoms with Crippen LogP contribution in [0.5, 0.6) is 0 Å². The standard InChI is InChI=1S/C16H11N3O4/c20-15(10-5-7-11(8-6-10)19(22)23)9-14-16(21)18-13-4-2-1-3-12(13)17-14/h1-9,20H,(H,18,21). The molecule has 0 fully saturated rings. The van der Waals surface area contributed by atoms with Crippen molar-refractivity contribution in [1.29, 1.82) is 0 Å². The Bertz CT molecular complexity index is 975. The predicted octanol–water partition coefficient (Wildman–Crippen LogP) is 2.89. The van der Waals surface area contributed by atoms with Gasteiger partial charge >= 0.3 is 0 Å². The van der Waals surface area contributed by atoms with E-state index < -0.39 is 10.5 Å². The number of aliphatic hydroxyl groups excluding tert-OH is 1. The van der Waals surface area contributed by atoms with Gasteiger partial charge < -0.3 is 10.1 Å². The second kappa shape index (κ2) is 5.72. The summed E-state index contributed by atoms with van der Waals surface area (Å²) in [5, 5.41) is 20.7. The third kappa shape index (κ3) is 2.93. The first-order valence-electron chi connectivity index (χ1n) is 6.69. The van der Waals surface area contributed by atoms with Gasteiger partial charge in [0.1, 0.15) is 11.5 Å². The van der Waals surface area contributed by atoms with Crippen molar-refractivity contribution in [1.82, 2.24) is 9.97 Å². The number of nitro benzene ring substituents is 1. The molecule has 2 aromatic carbocycles. The maximum atomic E-state index is 12.0. The number of para-hydroxylation sites is 2. The van der Waals surface area contributed by atoms with Crippen molar-refractivity contribution in [3.05, 3.63) is 80.3 Å². The van der Waals surface area contributed by atoms with E-state index in [0.29, 0.717) is 16.6 Å². The average Bonchev–Trinajstić information content (AvgIpc) is 2.55. The molecule has 114 valence electrons. The number of nitrogens with one attached hydrogen (secondary N) is 1. The molecule has 0 radical (unpaired) electrons. The van der Waals surface area contributed by atoms with Crippen LogP contribution in [-0.2, 0) is 0 Å². The zero-order chi connectivity index (χ0) is 16.4. The van der Waals surface area contributed by atoms with Crippen LogP contribution in [0.25, 0.3) is 22.9 Å². The molecule has 0 spiro atoms. The molecule has 2 N–H and O–H groups in total. The summed E-state index contributed by atoms with van der Waals surface area (Å²) < 4.78 is 0. The van der Waals surface area contributed by atoms with Crippen LogP contribution in [0.4, 0.5) is 5.69 Å². The van der Waals surface area contributed by atoms with Crippen LogP contribution in [0, 0.1) is 10.1 Å². The number of aromatic nitrogens is 2. The number of hydrogen-bond acceptors (Lipinski definition) is 5. The number of rotatable bonds is 3. The summed E-state index contributed by atoms with van der Waals surface area (Å²) in [7, 11) is 0. The van der Waals surface area contributed by atoms with E-state index >= 15 is 0 Å². The van der Waals surface area contributed by atoms with Gasteiger partial charge in [0.2, 0.25) is 0 Å². The molecule has 7 nitrogen and oxygen atoms in total. The van der Waals surface area contributed by atoms with Gasteiger partial charge in [0.25, 0.3) is 11.2 Å². The van der Waals surface area contributed by atoms with Crippen molar-refractivity contribution < 1.29 is 10.0 Å². The normalized spacial score (nSPS) is 11.6. The molecule has 3 aromatic rings. The largest absolute Gasteiger partial charge is 0.507 e. The fraction of sp³-hybridized carbons (Fsp3) is 0. The summed E-state index contributed by atoms with van der Waals surface area (Å²) in [6.07, 6.45) is 1.23. The predicted molar refractivity (Wildman–Crippen MR) is 86.0 cm³/mol. The Labute approximate surface area is 129 Å². The smallest absolute Gasteiger partial charge is 0.274 e. The summed E-state index contributed by atoms with van der Waals surface area (Å²) in [6, 6.07) is 12.4. The average molecular weight is 309 g/mol. The zero-order valence-corrected chi connectivity index (χ0v) is 11.8. The number of nitrogens with zero attached hydrogens (tertiary/aromatic N) is 2. The van der Waals surface area contributed by atoms with Crippen molar-refractivity contribution in [3.63, 3.8) is 0 Å². The van der Waals surface area contributed by atoms with Crippen LogP contribution in [0.15, 0.2) is 53.3 Å². The van der Waals surface area contributed by atoms with Crippen LogP contribution >= 0.6 is 0 Å². The van der Waals surface area contributed by atoms with Gasteiger partial charge in [-0.05, 0) is 24.3 Å². The highest BCUT2D eigenvalue weighted by molar-refractivity contribution is 5.79. The zero-order valence-electron chi connectivity index (χ0n) is 11.8. The molecule has 0 aliphatic rings. The number of benzene rings is 2. The molecule has 0 atom stereocenters. The van der Waals surface area contributed by atoms with Crippen molar-refractivity contribution >= 4 is 28.6 Å². The Morgan fingerprint density at radius 2 is 1.87 bits per heavy atom. The van der Waals surface area contributed by atoms with Gasteiger partial charge in [0.15, 0.2) is 0 Å². The van der Waals surface area contributed by atoms with E-state index in [2.05, 4.69) is 9.97 Å². The van der Waals surface area contributed by atoms with Crippen LogP contribution in [0.3, 0.4) is 0 Å².